The number of carbonyl (C=O) groups is 1. The van der Waals surface area contributed by atoms with Crippen LogP contribution >= 0.6 is 8.03 Å². The van der Waals surface area contributed by atoms with Crippen molar-refractivity contribution in [3.63, 3.8) is 0 Å². The molecule has 0 saturated heterocycles. The third-order valence-corrected chi connectivity index (χ3v) is 2.43. The van der Waals surface area contributed by atoms with E-state index in [0.717, 1.165) is 0 Å². The molecule has 1 heterocycles. The first-order valence-electron chi connectivity index (χ1n) is 3.50. The van der Waals surface area contributed by atoms with Crippen molar-refractivity contribution in [3.05, 3.63) is 24.2 Å². The van der Waals surface area contributed by atoms with Crippen LogP contribution in [0.15, 0.2) is 22.8 Å². The van der Waals surface area contributed by atoms with E-state index in [1.54, 1.807) is 6.07 Å². The summed E-state index contributed by atoms with van der Waals surface area (Å²) in [5.41, 5.74) is -1.40. The molecule has 0 aliphatic heterocycles. The lowest BCUT2D eigenvalue weighted by Gasteiger charge is -2.00. The fourth-order valence-electron chi connectivity index (χ4n) is 0.871. The van der Waals surface area contributed by atoms with Crippen LogP contribution < -0.4 is 4.89 Å². The quantitative estimate of drug-likeness (QED) is 0.712. The fraction of sp³-hybridized carbons (Fsp3) is 0.286. The lowest BCUT2D eigenvalue weighted by Crippen LogP contribution is -2.22. The summed E-state index contributed by atoms with van der Waals surface area (Å²) in [6.07, 6.45) is 1.24. The van der Waals surface area contributed by atoms with Crippen LogP contribution in [0.2, 0.25) is 0 Å². The van der Waals surface area contributed by atoms with Gasteiger partial charge in [0.15, 0.2) is 0 Å². The first-order valence-corrected chi connectivity index (χ1v) is 4.74. The van der Waals surface area contributed by atoms with Crippen LogP contribution in [-0.4, -0.2) is 16.7 Å². The summed E-state index contributed by atoms with van der Waals surface area (Å²) in [5.74, 6) is -1.00. The van der Waals surface area contributed by atoms with E-state index in [4.69, 9.17) is 9.52 Å². The number of hydrogen-bond acceptors (Lipinski definition) is 4. The molecule has 0 fully saturated rings. The van der Waals surface area contributed by atoms with E-state index in [1.807, 2.05) is 0 Å². The molecule has 0 aliphatic carbocycles. The van der Waals surface area contributed by atoms with Crippen LogP contribution in [0.1, 0.15) is 5.76 Å². The van der Waals surface area contributed by atoms with Crippen molar-refractivity contribution < 1.29 is 23.8 Å². The van der Waals surface area contributed by atoms with Gasteiger partial charge in [-0.2, -0.15) is 0 Å². The highest BCUT2D eigenvalue weighted by atomic mass is 31.1. The number of carboxylic acid groups (broad SMARTS) is 1. The van der Waals surface area contributed by atoms with Crippen molar-refractivity contribution in [2.75, 3.05) is 0 Å². The van der Waals surface area contributed by atoms with E-state index < -0.39 is 19.7 Å². The van der Waals surface area contributed by atoms with Crippen LogP contribution in [0.4, 0.5) is 0 Å². The highest BCUT2D eigenvalue weighted by Crippen LogP contribution is 2.22. The third kappa shape index (κ3) is 2.65. The topological polar surface area (TPSA) is 90.6 Å². The summed E-state index contributed by atoms with van der Waals surface area (Å²) < 4.78 is 15.3. The van der Waals surface area contributed by atoms with Gasteiger partial charge in [-0.25, -0.2) is 4.79 Å². The van der Waals surface area contributed by atoms with E-state index in [2.05, 4.69) is 0 Å². The van der Waals surface area contributed by atoms with Crippen molar-refractivity contribution in [1.82, 2.24) is 0 Å². The zero-order valence-corrected chi connectivity index (χ0v) is 7.44. The Morgan fingerprint density at radius 3 is 2.85 bits per heavy atom. The molecule has 1 aromatic heterocycles. The van der Waals surface area contributed by atoms with Crippen molar-refractivity contribution in [2.45, 2.75) is 12.1 Å². The standard InChI is InChI=1S/C7H7O5P/c8-7(9)6(13(10)11)4-5-2-1-3-12-5/h1-3,6H,4H2,(H,8,9)/t6-/m1/s1. The van der Waals surface area contributed by atoms with Gasteiger partial charge in [0, 0.05) is 0 Å². The minimum absolute atomic E-state index is 0.124. The van der Waals surface area contributed by atoms with Gasteiger partial charge in [0.1, 0.15) is 5.76 Å². The van der Waals surface area contributed by atoms with Gasteiger partial charge >= 0.3 is 14.0 Å². The molecule has 1 rings (SSSR count). The molecule has 13 heavy (non-hydrogen) atoms. The van der Waals surface area contributed by atoms with E-state index in [-0.39, 0.29) is 6.42 Å². The Morgan fingerprint density at radius 1 is 1.77 bits per heavy atom. The Morgan fingerprint density at radius 2 is 2.46 bits per heavy atom. The van der Waals surface area contributed by atoms with Crippen LogP contribution in [0, 0.1) is 0 Å². The molecular formula is C7H7O5P. The van der Waals surface area contributed by atoms with Crippen molar-refractivity contribution in [2.24, 2.45) is 0 Å². The summed E-state index contributed by atoms with van der Waals surface area (Å²) in [5, 5.41) is 8.52. The predicted molar refractivity (Wildman–Crippen MR) is 41.4 cm³/mol. The Bertz CT molecular complexity index is 291. The highest BCUT2D eigenvalue weighted by molar-refractivity contribution is 7.38. The molecule has 1 N–H and O–H groups in total. The van der Waals surface area contributed by atoms with Gasteiger partial charge < -0.3 is 14.4 Å². The molecule has 0 radical (unpaired) electrons. The molecule has 6 heteroatoms. The molecule has 5 nitrogen and oxygen atoms in total. The predicted octanol–water partition coefficient (Wildman–Crippen LogP) is 0.378. The molecule has 1 unspecified atom stereocenters. The molecule has 2 atom stereocenters. The van der Waals surface area contributed by atoms with E-state index >= 15 is 0 Å². The third-order valence-electron chi connectivity index (χ3n) is 1.51. The van der Waals surface area contributed by atoms with Crippen molar-refractivity contribution in [3.8, 4) is 0 Å². The number of aliphatic carboxylic acids is 1. The van der Waals surface area contributed by atoms with Crippen LogP contribution in [0.25, 0.3) is 0 Å². The molecule has 70 valence electrons. The van der Waals surface area contributed by atoms with Crippen molar-refractivity contribution in [1.29, 1.82) is 0 Å². The normalized spacial score (nSPS) is 13.8. The maximum atomic E-state index is 10.5. The second-order valence-corrected chi connectivity index (χ2v) is 3.62. The molecule has 0 aliphatic rings. The smallest absolute Gasteiger partial charge is 0.356 e. The molecule has 0 spiro atoms. The number of carboxylic acids is 1. The highest BCUT2D eigenvalue weighted by Gasteiger charge is 2.31. The van der Waals surface area contributed by atoms with Gasteiger partial charge in [0.2, 0.25) is 0 Å². The average Bonchev–Trinajstić information content (AvgIpc) is 2.50. The fourth-order valence-corrected chi connectivity index (χ4v) is 1.38. The Labute approximate surface area is 74.9 Å². The zero-order valence-electron chi connectivity index (χ0n) is 6.54. The van der Waals surface area contributed by atoms with Crippen molar-refractivity contribution >= 4 is 14.0 Å². The molecule has 0 bridgehead atoms. The number of furan rings is 1. The second-order valence-electron chi connectivity index (χ2n) is 2.42. The van der Waals surface area contributed by atoms with Gasteiger partial charge in [0.05, 0.1) is 12.7 Å². The van der Waals surface area contributed by atoms with E-state index in [0.29, 0.717) is 5.76 Å². The molecule has 0 amide bonds. The zero-order chi connectivity index (χ0) is 9.84. The van der Waals surface area contributed by atoms with Gasteiger partial charge in [-0.05, 0) is 12.1 Å². The molecule has 0 aromatic carbocycles. The summed E-state index contributed by atoms with van der Waals surface area (Å²) in [7, 11) is -2.97. The van der Waals surface area contributed by atoms with E-state index in [1.165, 1.54) is 12.3 Å². The SMILES string of the molecule is O=C(O)[C@@H](Cc1ccco1)[P+](=O)[O-]. The Hall–Kier alpha value is -1.19. The average molecular weight is 202 g/mol. The second kappa shape index (κ2) is 4.16. The summed E-state index contributed by atoms with van der Waals surface area (Å²) in [4.78, 5) is 20.9. The van der Waals surface area contributed by atoms with Gasteiger partial charge in [-0.1, -0.05) is 4.57 Å². The van der Waals surface area contributed by atoms with Gasteiger partial charge in [-0.3, -0.25) is 0 Å². The van der Waals surface area contributed by atoms with Crippen LogP contribution in [0.3, 0.4) is 0 Å². The van der Waals surface area contributed by atoms with Gasteiger partial charge in [-0.15, -0.1) is 0 Å². The monoisotopic (exact) mass is 202 g/mol. The lowest BCUT2D eigenvalue weighted by molar-refractivity contribution is -0.169. The van der Waals surface area contributed by atoms with Crippen LogP contribution in [0.5, 0.6) is 0 Å². The van der Waals surface area contributed by atoms with E-state index in [9.17, 15) is 14.3 Å². The lowest BCUT2D eigenvalue weighted by atomic mass is 10.2. The summed E-state index contributed by atoms with van der Waals surface area (Å²) >= 11 is 0. The Kier molecular flexibility index (Phi) is 3.17. The largest absolute Gasteiger partial charge is 0.595 e. The number of hydrogen-bond donors (Lipinski definition) is 1. The van der Waals surface area contributed by atoms with Crippen LogP contribution in [-0.2, 0) is 15.8 Å². The summed E-state index contributed by atoms with van der Waals surface area (Å²) in [6.45, 7) is 0. The minimum Gasteiger partial charge on any atom is -0.595 e. The summed E-state index contributed by atoms with van der Waals surface area (Å²) in [6, 6.07) is 3.11. The molecular weight excluding hydrogens is 195 g/mol. The maximum absolute atomic E-state index is 10.5. The first kappa shape index (κ1) is 9.89. The molecule has 0 saturated carbocycles. The number of rotatable bonds is 4. The first-order chi connectivity index (χ1) is 6.11. The minimum atomic E-state index is -2.97. The van der Waals surface area contributed by atoms with Gasteiger partial charge in [0.25, 0.3) is 5.66 Å². The maximum Gasteiger partial charge on any atom is 0.356 e. The Balaban J connectivity index is 2.69. The molecule has 1 aromatic rings.